The zero-order valence-electron chi connectivity index (χ0n) is 22.8. The summed E-state index contributed by atoms with van der Waals surface area (Å²) in [6.07, 6.45) is 8.64. The highest BCUT2D eigenvalue weighted by Crippen LogP contribution is 2.31. The normalized spacial score (nSPS) is 24.4. The molecule has 3 heterocycles. The smallest absolute Gasteiger partial charge is 0.255 e. The minimum Gasteiger partial charge on any atom is -0.379 e. The molecule has 1 unspecified atom stereocenters. The average Bonchev–Trinajstić information content (AvgIpc) is 2.92. The van der Waals surface area contributed by atoms with Gasteiger partial charge in [0.1, 0.15) is 0 Å². The maximum absolute atomic E-state index is 14.0. The number of likely N-dealkylation sites (N-methyl/N-ethyl adjacent to an activating group) is 1. The summed E-state index contributed by atoms with van der Waals surface area (Å²) in [5, 5.41) is 1.04. The monoisotopic (exact) mass is 508 g/mol. The fourth-order valence-corrected chi connectivity index (χ4v) is 6.76. The second-order valence-electron chi connectivity index (χ2n) is 11.7. The zero-order chi connectivity index (χ0) is 25.8. The van der Waals surface area contributed by atoms with Gasteiger partial charge < -0.3 is 19.1 Å². The van der Waals surface area contributed by atoms with Crippen LogP contribution in [0.3, 0.4) is 0 Å². The first-order chi connectivity index (χ1) is 17.9. The van der Waals surface area contributed by atoms with Gasteiger partial charge in [0, 0.05) is 58.4 Å². The molecule has 1 atom stereocenters. The largest absolute Gasteiger partial charge is 0.379 e. The molecule has 3 fully saturated rings. The molecule has 2 aromatic rings. The van der Waals surface area contributed by atoms with E-state index in [0.29, 0.717) is 37.6 Å². The summed E-state index contributed by atoms with van der Waals surface area (Å²) in [5.41, 5.74) is 1.42. The summed E-state index contributed by atoms with van der Waals surface area (Å²) >= 11 is 0. The van der Waals surface area contributed by atoms with Crippen LogP contribution >= 0.6 is 0 Å². The molecule has 37 heavy (non-hydrogen) atoms. The lowest BCUT2D eigenvalue weighted by Gasteiger charge is -2.50. The van der Waals surface area contributed by atoms with E-state index in [4.69, 9.17) is 4.74 Å². The van der Waals surface area contributed by atoms with Crippen molar-refractivity contribution in [1.29, 1.82) is 0 Å². The second kappa shape index (κ2) is 11.7. The number of rotatable bonds is 7. The average molecular weight is 509 g/mol. The SMILES string of the molecule is CN1CCN(C2(CN(Cc3cc4ccccc4n(C)c3=O)C(=O)CC3CCCCC3)CCCOC2)CC1. The number of pyridine rings is 1. The van der Waals surface area contributed by atoms with Crippen LogP contribution in [0.15, 0.2) is 35.1 Å². The summed E-state index contributed by atoms with van der Waals surface area (Å²) in [6, 6.07) is 9.99. The number of aryl methyl sites for hydroxylation is 1. The molecule has 7 heteroatoms. The molecule has 1 amide bonds. The van der Waals surface area contributed by atoms with Gasteiger partial charge in [-0.15, -0.1) is 0 Å². The van der Waals surface area contributed by atoms with Gasteiger partial charge in [-0.2, -0.15) is 0 Å². The molecule has 3 aliphatic rings. The van der Waals surface area contributed by atoms with E-state index in [0.717, 1.165) is 69.4 Å². The molecule has 1 saturated carbocycles. The van der Waals surface area contributed by atoms with E-state index in [1.165, 1.54) is 19.3 Å². The third-order valence-corrected chi connectivity index (χ3v) is 9.07. The lowest BCUT2D eigenvalue weighted by Crippen LogP contribution is -2.64. The number of carbonyl (C=O) groups is 1. The number of amides is 1. The number of carbonyl (C=O) groups excluding carboxylic acids is 1. The molecule has 2 aliphatic heterocycles. The predicted molar refractivity (Wildman–Crippen MR) is 148 cm³/mol. The Hall–Kier alpha value is -2.22. The van der Waals surface area contributed by atoms with Crippen LogP contribution in [0.5, 0.6) is 0 Å². The Morgan fingerprint density at radius 2 is 1.81 bits per heavy atom. The standard InChI is InChI=1S/C30H44N4O3/c1-31-14-16-34(17-15-31)30(13-8-18-37-23-30)22-33(28(35)19-24-9-4-3-5-10-24)21-26-20-25-11-6-7-12-27(25)32(2)29(26)36/h6-7,11-12,20,24H,3-5,8-10,13-19,21-23H2,1-2H3. The molecule has 1 aromatic heterocycles. The fraction of sp³-hybridized carbons (Fsp3) is 0.667. The number of hydrogen-bond acceptors (Lipinski definition) is 5. The maximum atomic E-state index is 14.0. The Kier molecular flexibility index (Phi) is 8.32. The second-order valence-corrected chi connectivity index (χ2v) is 11.7. The minimum absolute atomic E-state index is 0.0114. The fourth-order valence-electron chi connectivity index (χ4n) is 6.76. The van der Waals surface area contributed by atoms with Gasteiger partial charge in [-0.3, -0.25) is 14.5 Å². The van der Waals surface area contributed by atoms with E-state index in [-0.39, 0.29) is 17.0 Å². The van der Waals surface area contributed by atoms with Gasteiger partial charge in [0.15, 0.2) is 0 Å². The van der Waals surface area contributed by atoms with E-state index in [1.807, 2.05) is 42.3 Å². The number of hydrogen-bond donors (Lipinski definition) is 0. The molecule has 0 bridgehead atoms. The molecule has 0 radical (unpaired) electrons. The lowest BCUT2D eigenvalue weighted by atomic mass is 9.85. The van der Waals surface area contributed by atoms with Gasteiger partial charge >= 0.3 is 0 Å². The minimum atomic E-state index is -0.191. The summed E-state index contributed by atoms with van der Waals surface area (Å²) in [7, 11) is 4.01. The Labute approximate surface area is 221 Å². The Balaban J connectivity index is 1.45. The van der Waals surface area contributed by atoms with Crippen LogP contribution in [0, 0.1) is 5.92 Å². The highest BCUT2D eigenvalue weighted by Gasteiger charge is 2.42. The molecular formula is C30H44N4O3. The van der Waals surface area contributed by atoms with Crippen molar-refractivity contribution in [3.8, 4) is 0 Å². The number of benzene rings is 1. The number of piperazine rings is 1. The Bertz CT molecular complexity index is 1130. The molecule has 7 nitrogen and oxygen atoms in total. The van der Waals surface area contributed by atoms with Crippen molar-refractivity contribution in [3.05, 3.63) is 46.2 Å². The van der Waals surface area contributed by atoms with Gasteiger partial charge in [-0.25, -0.2) is 0 Å². The number of nitrogens with zero attached hydrogens (tertiary/aromatic N) is 4. The van der Waals surface area contributed by atoms with E-state index in [1.54, 1.807) is 4.57 Å². The van der Waals surface area contributed by atoms with Crippen LogP contribution in [-0.2, 0) is 23.1 Å². The molecular weight excluding hydrogens is 464 g/mol. The molecule has 2 saturated heterocycles. The van der Waals surface area contributed by atoms with E-state index < -0.39 is 0 Å². The number of fused-ring (bicyclic) bond motifs is 1. The van der Waals surface area contributed by atoms with Crippen LogP contribution in [0.1, 0.15) is 56.9 Å². The van der Waals surface area contributed by atoms with Gasteiger partial charge in [0.2, 0.25) is 5.91 Å². The van der Waals surface area contributed by atoms with Gasteiger partial charge in [-0.05, 0) is 56.2 Å². The van der Waals surface area contributed by atoms with Gasteiger partial charge in [0.05, 0.1) is 24.2 Å². The van der Waals surface area contributed by atoms with Crippen LogP contribution in [-0.4, -0.2) is 83.7 Å². The van der Waals surface area contributed by atoms with Crippen LogP contribution in [0.2, 0.25) is 0 Å². The van der Waals surface area contributed by atoms with E-state index >= 15 is 0 Å². The first-order valence-corrected chi connectivity index (χ1v) is 14.3. The Morgan fingerprint density at radius 3 is 2.54 bits per heavy atom. The summed E-state index contributed by atoms with van der Waals surface area (Å²) < 4.78 is 7.82. The maximum Gasteiger partial charge on any atom is 0.255 e. The lowest BCUT2D eigenvalue weighted by molar-refractivity contribution is -0.139. The van der Waals surface area contributed by atoms with Crippen molar-refractivity contribution in [2.45, 2.75) is 63.5 Å². The Morgan fingerprint density at radius 1 is 1.05 bits per heavy atom. The van der Waals surface area contributed by atoms with Gasteiger partial charge in [0.25, 0.3) is 5.56 Å². The third-order valence-electron chi connectivity index (χ3n) is 9.07. The summed E-state index contributed by atoms with van der Waals surface area (Å²) in [6.45, 7) is 6.46. The number of ether oxygens (including phenoxy) is 1. The van der Waals surface area contributed by atoms with Crippen molar-refractivity contribution in [3.63, 3.8) is 0 Å². The van der Waals surface area contributed by atoms with Gasteiger partial charge in [-0.1, -0.05) is 37.5 Å². The topological polar surface area (TPSA) is 58.0 Å². The van der Waals surface area contributed by atoms with E-state index in [9.17, 15) is 9.59 Å². The van der Waals surface area contributed by atoms with Crippen LogP contribution in [0.4, 0.5) is 0 Å². The van der Waals surface area contributed by atoms with Crippen molar-refractivity contribution >= 4 is 16.8 Å². The van der Waals surface area contributed by atoms with E-state index in [2.05, 4.69) is 16.8 Å². The molecule has 1 aliphatic carbocycles. The van der Waals surface area contributed by atoms with Crippen molar-refractivity contribution in [2.75, 3.05) is 53.0 Å². The van der Waals surface area contributed by atoms with Crippen molar-refractivity contribution in [1.82, 2.24) is 19.3 Å². The van der Waals surface area contributed by atoms with Crippen LogP contribution in [0.25, 0.3) is 10.9 Å². The molecule has 1 aromatic carbocycles. The summed E-state index contributed by atoms with van der Waals surface area (Å²) in [5.74, 6) is 0.659. The predicted octanol–water partition coefficient (Wildman–Crippen LogP) is 3.63. The highest BCUT2D eigenvalue weighted by atomic mass is 16.5. The number of aromatic nitrogens is 1. The van der Waals surface area contributed by atoms with Crippen molar-refractivity contribution in [2.24, 2.45) is 13.0 Å². The molecule has 5 rings (SSSR count). The first-order valence-electron chi connectivity index (χ1n) is 14.3. The zero-order valence-corrected chi connectivity index (χ0v) is 22.8. The first kappa shape index (κ1) is 26.4. The number of para-hydroxylation sites is 1. The molecule has 0 spiro atoms. The quantitative estimate of drug-likeness (QED) is 0.572. The summed E-state index contributed by atoms with van der Waals surface area (Å²) in [4.78, 5) is 34.4. The van der Waals surface area contributed by atoms with Crippen LogP contribution < -0.4 is 5.56 Å². The third kappa shape index (κ3) is 5.94. The van der Waals surface area contributed by atoms with Crippen molar-refractivity contribution < 1.29 is 9.53 Å². The highest BCUT2D eigenvalue weighted by molar-refractivity contribution is 5.80. The molecule has 0 N–H and O–H groups in total. The molecule has 202 valence electrons.